The molecule has 22 heavy (non-hydrogen) atoms. The van der Waals surface area contributed by atoms with E-state index in [4.69, 9.17) is 0 Å². The summed E-state index contributed by atoms with van der Waals surface area (Å²) in [5.41, 5.74) is 5.16. The van der Waals surface area contributed by atoms with Crippen molar-refractivity contribution in [1.29, 1.82) is 0 Å². The summed E-state index contributed by atoms with van der Waals surface area (Å²) in [6, 6.07) is 0. The van der Waals surface area contributed by atoms with Crippen LogP contribution in [0.1, 0.15) is 65.7 Å². The van der Waals surface area contributed by atoms with E-state index in [9.17, 15) is 10.2 Å². The van der Waals surface area contributed by atoms with E-state index in [1.54, 1.807) is 11.1 Å². The maximum atomic E-state index is 10.5. The molecule has 0 aliphatic heterocycles. The molecule has 0 saturated heterocycles. The lowest BCUT2D eigenvalue weighted by atomic mass is 9.52. The Bertz CT molecular complexity index is 560. The summed E-state index contributed by atoms with van der Waals surface area (Å²) in [6.45, 7) is 7.11. The Kier molecular flexibility index (Phi) is 3.20. The number of allylic oxidation sites excluding steroid dienone is 3. The molecule has 0 amide bonds. The number of aliphatic hydroxyl groups is 2. The van der Waals surface area contributed by atoms with Gasteiger partial charge in [0.25, 0.3) is 0 Å². The monoisotopic (exact) mass is 302 g/mol. The molecule has 1 saturated carbocycles. The largest absolute Gasteiger partial charge is 0.393 e. The van der Waals surface area contributed by atoms with Gasteiger partial charge in [-0.25, -0.2) is 0 Å². The first-order valence-corrected chi connectivity index (χ1v) is 9.17. The molecule has 2 heteroatoms. The summed E-state index contributed by atoms with van der Waals surface area (Å²) in [5.74, 6) is 1.17. The molecule has 3 unspecified atom stereocenters. The third-order valence-electron chi connectivity index (χ3n) is 7.69. The minimum atomic E-state index is -0.236. The van der Waals surface area contributed by atoms with Crippen molar-refractivity contribution < 1.29 is 10.2 Å². The van der Waals surface area contributed by atoms with Gasteiger partial charge in [0.2, 0.25) is 0 Å². The highest BCUT2D eigenvalue weighted by Gasteiger charge is 2.54. The number of fused-ring (bicyclic) bond motifs is 4. The van der Waals surface area contributed by atoms with E-state index in [0.29, 0.717) is 11.8 Å². The first-order chi connectivity index (χ1) is 10.4. The van der Waals surface area contributed by atoms with Gasteiger partial charge in [-0.3, -0.25) is 0 Å². The Balaban J connectivity index is 1.83. The van der Waals surface area contributed by atoms with E-state index >= 15 is 0 Å². The van der Waals surface area contributed by atoms with Crippen LogP contribution in [0.3, 0.4) is 0 Å². The summed E-state index contributed by atoms with van der Waals surface area (Å²) >= 11 is 0. The van der Waals surface area contributed by atoms with Crippen LogP contribution in [0.2, 0.25) is 0 Å². The predicted molar refractivity (Wildman–Crippen MR) is 88.3 cm³/mol. The van der Waals surface area contributed by atoms with Crippen LogP contribution in [0.25, 0.3) is 0 Å². The molecule has 0 aromatic carbocycles. The fraction of sp³-hybridized carbons (Fsp3) is 0.800. The lowest BCUT2D eigenvalue weighted by Gasteiger charge is -2.53. The van der Waals surface area contributed by atoms with Gasteiger partial charge < -0.3 is 10.2 Å². The van der Waals surface area contributed by atoms with Gasteiger partial charge in [0.1, 0.15) is 0 Å². The van der Waals surface area contributed by atoms with Gasteiger partial charge >= 0.3 is 0 Å². The van der Waals surface area contributed by atoms with Gasteiger partial charge in [-0.05, 0) is 56.8 Å². The first-order valence-electron chi connectivity index (χ1n) is 9.17. The van der Waals surface area contributed by atoms with Gasteiger partial charge in [0.15, 0.2) is 0 Å². The third kappa shape index (κ3) is 1.80. The SMILES string of the molecule is CC1CC2=CC(O)CC[C@]2(C)C2=C1[C@@H]1CCC(O)[C@@]1(C)CC2. The van der Waals surface area contributed by atoms with E-state index < -0.39 is 0 Å². The van der Waals surface area contributed by atoms with Gasteiger partial charge in [0.05, 0.1) is 12.2 Å². The zero-order valence-electron chi connectivity index (χ0n) is 14.2. The summed E-state index contributed by atoms with van der Waals surface area (Å²) in [4.78, 5) is 0. The van der Waals surface area contributed by atoms with Crippen LogP contribution in [0.4, 0.5) is 0 Å². The molecule has 0 aromatic heterocycles. The molecule has 2 nitrogen and oxygen atoms in total. The molecule has 6 atom stereocenters. The summed E-state index contributed by atoms with van der Waals surface area (Å²) < 4.78 is 0. The van der Waals surface area contributed by atoms with E-state index in [1.807, 2.05) is 0 Å². The van der Waals surface area contributed by atoms with Crippen molar-refractivity contribution in [2.75, 3.05) is 0 Å². The molecular weight excluding hydrogens is 272 g/mol. The van der Waals surface area contributed by atoms with Crippen molar-refractivity contribution in [2.24, 2.45) is 22.7 Å². The molecular formula is C20H30O2. The molecule has 4 rings (SSSR count). The fourth-order valence-corrected chi connectivity index (χ4v) is 6.23. The minimum absolute atomic E-state index is 0.110. The second-order valence-corrected chi connectivity index (χ2v) is 8.82. The van der Waals surface area contributed by atoms with Gasteiger partial charge in [0, 0.05) is 10.8 Å². The van der Waals surface area contributed by atoms with Crippen molar-refractivity contribution >= 4 is 0 Å². The molecule has 2 N–H and O–H groups in total. The fourth-order valence-electron chi connectivity index (χ4n) is 6.23. The van der Waals surface area contributed by atoms with Crippen LogP contribution in [-0.4, -0.2) is 22.4 Å². The lowest BCUT2D eigenvalue weighted by Crippen LogP contribution is -2.44. The molecule has 0 radical (unpaired) electrons. The smallest absolute Gasteiger partial charge is 0.0724 e. The average Bonchev–Trinajstić information content (AvgIpc) is 2.77. The van der Waals surface area contributed by atoms with E-state index in [-0.39, 0.29) is 23.0 Å². The number of rotatable bonds is 0. The predicted octanol–water partition coefficient (Wildman–Crippen LogP) is 3.98. The van der Waals surface area contributed by atoms with Gasteiger partial charge in [-0.1, -0.05) is 43.6 Å². The molecule has 0 heterocycles. The lowest BCUT2D eigenvalue weighted by molar-refractivity contribution is 0.0287. The van der Waals surface area contributed by atoms with Crippen LogP contribution < -0.4 is 0 Å². The molecule has 0 spiro atoms. The number of hydrogen-bond acceptors (Lipinski definition) is 2. The second-order valence-electron chi connectivity index (χ2n) is 8.82. The Morgan fingerprint density at radius 3 is 2.64 bits per heavy atom. The second kappa shape index (κ2) is 4.70. The molecule has 4 aliphatic carbocycles. The van der Waals surface area contributed by atoms with Crippen LogP contribution in [0.5, 0.6) is 0 Å². The molecule has 0 aromatic rings. The van der Waals surface area contributed by atoms with Crippen LogP contribution in [0.15, 0.2) is 22.8 Å². The highest BCUT2D eigenvalue weighted by atomic mass is 16.3. The van der Waals surface area contributed by atoms with Crippen molar-refractivity contribution in [1.82, 2.24) is 0 Å². The topological polar surface area (TPSA) is 40.5 Å². The zero-order valence-corrected chi connectivity index (χ0v) is 14.2. The Labute approximate surface area is 134 Å². The minimum Gasteiger partial charge on any atom is -0.393 e. The zero-order chi connectivity index (χ0) is 15.7. The number of hydrogen-bond donors (Lipinski definition) is 2. The highest BCUT2D eigenvalue weighted by molar-refractivity contribution is 5.44. The van der Waals surface area contributed by atoms with E-state index in [2.05, 4.69) is 26.8 Å². The van der Waals surface area contributed by atoms with Crippen molar-refractivity contribution in [2.45, 2.75) is 77.9 Å². The highest BCUT2D eigenvalue weighted by Crippen LogP contribution is 2.63. The average molecular weight is 302 g/mol. The van der Waals surface area contributed by atoms with E-state index in [0.717, 1.165) is 38.5 Å². The third-order valence-corrected chi connectivity index (χ3v) is 7.69. The van der Waals surface area contributed by atoms with Gasteiger partial charge in [-0.2, -0.15) is 0 Å². The molecule has 0 bridgehead atoms. The number of aliphatic hydroxyl groups excluding tert-OH is 2. The first kappa shape index (κ1) is 15.0. The maximum absolute atomic E-state index is 10.5. The molecule has 1 fully saturated rings. The van der Waals surface area contributed by atoms with E-state index in [1.165, 1.54) is 12.0 Å². The Morgan fingerprint density at radius 2 is 1.86 bits per heavy atom. The van der Waals surface area contributed by atoms with Crippen molar-refractivity contribution in [3.63, 3.8) is 0 Å². The molecule has 4 aliphatic rings. The summed E-state index contributed by atoms with van der Waals surface area (Å²) in [6.07, 6.45) is 9.32. The summed E-state index contributed by atoms with van der Waals surface area (Å²) in [5, 5.41) is 20.6. The Morgan fingerprint density at radius 1 is 1.09 bits per heavy atom. The van der Waals surface area contributed by atoms with Gasteiger partial charge in [-0.15, -0.1) is 0 Å². The van der Waals surface area contributed by atoms with Crippen LogP contribution >= 0.6 is 0 Å². The maximum Gasteiger partial charge on any atom is 0.0724 e. The van der Waals surface area contributed by atoms with Crippen LogP contribution in [-0.2, 0) is 0 Å². The quantitative estimate of drug-likeness (QED) is 0.664. The van der Waals surface area contributed by atoms with Crippen LogP contribution in [0, 0.1) is 22.7 Å². The molecule has 122 valence electrons. The Hall–Kier alpha value is -0.600. The standard InChI is InChI=1S/C20H30O2/c1-12-10-13-11-14(21)6-8-19(13,2)16-7-9-20(3)15(18(12)16)4-5-17(20)22/h11-12,14-15,17,21-22H,4-10H2,1-3H3/t12?,14?,15-,17?,19-,20-/m0/s1. The van der Waals surface area contributed by atoms with Crippen molar-refractivity contribution in [3.05, 3.63) is 22.8 Å². The van der Waals surface area contributed by atoms with Crippen molar-refractivity contribution in [3.8, 4) is 0 Å². The normalized spacial score (nSPS) is 51.0. The summed E-state index contributed by atoms with van der Waals surface area (Å²) in [7, 11) is 0.